The Morgan fingerprint density at radius 3 is 2.65 bits per heavy atom. The predicted molar refractivity (Wildman–Crippen MR) is 108 cm³/mol. The molecule has 0 unspecified atom stereocenters. The first kappa shape index (κ1) is 20.4. The van der Waals surface area contributed by atoms with Crippen molar-refractivity contribution in [2.45, 2.75) is 39.5 Å². The number of hydrogen-bond donors (Lipinski definition) is 0. The minimum atomic E-state index is -0.218. The molecule has 1 aliphatic rings. The second-order valence-electron chi connectivity index (χ2n) is 7.61. The van der Waals surface area contributed by atoms with Crippen LogP contribution in [0.5, 0.6) is 0 Å². The van der Waals surface area contributed by atoms with Crippen molar-refractivity contribution in [1.29, 1.82) is 0 Å². The van der Waals surface area contributed by atoms with Crippen LogP contribution in [0.3, 0.4) is 0 Å². The molecule has 0 atom stereocenters. The standard InChI is InChI=1S/C23H31NO2/c1-23(2,19-25)14-17-24-15-12-22(13-16-24)21-10-8-20(9-11-21)7-5-4-6-18-26-3/h8-12,19H,4,6,13-18H2,1-3H3. The maximum Gasteiger partial charge on any atom is 0.125 e. The number of carbonyl (C=O) groups excluding carboxylic acids is 1. The predicted octanol–water partition coefficient (Wildman–Crippen LogP) is 4.17. The van der Waals surface area contributed by atoms with Crippen molar-refractivity contribution in [2.75, 3.05) is 33.4 Å². The van der Waals surface area contributed by atoms with Crippen LogP contribution in [-0.4, -0.2) is 44.5 Å². The van der Waals surface area contributed by atoms with Crippen molar-refractivity contribution in [2.24, 2.45) is 5.41 Å². The Bertz CT molecular complexity index is 662. The van der Waals surface area contributed by atoms with E-state index in [0.29, 0.717) is 0 Å². The molecular weight excluding hydrogens is 322 g/mol. The molecule has 1 aromatic rings. The lowest BCUT2D eigenvalue weighted by atomic mass is 9.91. The molecule has 0 bridgehead atoms. The lowest BCUT2D eigenvalue weighted by molar-refractivity contribution is -0.115. The van der Waals surface area contributed by atoms with Gasteiger partial charge in [-0.25, -0.2) is 0 Å². The lowest BCUT2D eigenvalue weighted by Crippen LogP contribution is -2.32. The summed E-state index contributed by atoms with van der Waals surface area (Å²) in [5.41, 5.74) is 3.56. The summed E-state index contributed by atoms with van der Waals surface area (Å²) in [5, 5.41) is 0. The van der Waals surface area contributed by atoms with E-state index in [1.165, 1.54) is 11.1 Å². The van der Waals surface area contributed by atoms with Crippen LogP contribution in [0.1, 0.15) is 50.7 Å². The summed E-state index contributed by atoms with van der Waals surface area (Å²) in [6.45, 7) is 7.78. The van der Waals surface area contributed by atoms with Gasteiger partial charge in [-0.3, -0.25) is 4.90 Å². The summed E-state index contributed by atoms with van der Waals surface area (Å²) in [6, 6.07) is 8.57. The van der Waals surface area contributed by atoms with Gasteiger partial charge in [0.15, 0.2) is 0 Å². The van der Waals surface area contributed by atoms with Gasteiger partial charge in [-0.05, 0) is 49.1 Å². The molecule has 0 fully saturated rings. The second-order valence-corrected chi connectivity index (χ2v) is 7.61. The van der Waals surface area contributed by atoms with Crippen molar-refractivity contribution in [3.8, 4) is 11.8 Å². The molecule has 1 heterocycles. The molecule has 0 saturated heterocycles. The van der Waals surface area contributed by atoms with Crippen LogP contribution in [0.2, 0.25) is 0 Å². The van der Waals surface area contributed by atoms with E-state index in [1.807, 2.05) is 13.8 Å². The topological polar surface area (TPSA) is 29.5 Å². The molecule has 0 spiro atoms. The van der Waals surface area contributed by atoms with Crippen LogP contribution in [0.15, 0.2) is 30.3 Å². The number of methoxy groups -OCH3 is 1. The Morgan fingerprint density at radius 1 is 1.27 bits per heavy atom. The Hall–Kier alpha value is -1.89. The van der Waals surface area contributed by atoms with Crippen LogP contribution < -0.4 is 0 Å². The highest BCUT2D eigenvalue weighted by Crippen LogP contribution is 2.24. The zero-order chi connectivity index (χ0) is 18.8. The van der Waals surface area contributed by atoms with Gasteiger partial charge < -0.3 is 9.53 Å². The summed E-state index contributed by atoms with van der Waals surface area (Å²) in [4.78, 5) is 13.5. The first-order valence-corrected chi connectivity index (χ1v) is 9.50. The van der Waals surface area contributed by atoms with Gasteiger partial charge in [0.25, 0.3) is 0 Å². The van der Waals surface area contributed by atoms with Gasteiger partial charge in [0, 0.05) is 44.2 Å². The number of nitrogens with zero attached hydrogens (tertiary/aromatic N) is 1. The number of benzene rings is 1. The van der Waals surface area contributed by atoms with Gasteiger partial charge in [0.1, 0.15) is 6.29 Å². The smallest absolute Gasteiger partial charge is 0.125 e. The van der Waals surface area contributed by atoms with Crippen molar-refractivity contribution in [3.05, 3.63) is 41.5 Å². The van der Waals surface area contributed by atoms with Gasteiger partial charge >= 0.3 is 0 Å². The van der Waals surface area contributed by atoms with E-state index in [-0.39, 0.29) is 5.41 Å². The van der Waals surface area contributed by atoms with E-state index in [0.717, 1.165) is 63.8 Å². The zero-order valence-corrected chi connectivity index (χ0v) is 16.4. The van der Waals surface area contributed by atoms with Gasteiger partial charge in [0.2, 0.25) is 0 Å². The number of aldehydes is 1. The van der Waals surface area contributed by atoms with Crippen LogP contribution >= 0.6 is 0 Å². The van der Waals surface area contributed by atoms with Crippen molar-refractivity contribution in [1.82, 2.24) is 4.90 Å². The zero-order valence-electron chi connectivity index (χ0n) is 16.4. The Morgan fingerprint density at radius 2 is 2.04 bits per heavy atom. The second kappa shape index (κ2) is 10.3. The fourth-order valence-electron chi connectivity index (χ4n) is 2.92. The van der Waals surface area contributed by atoms with Crippen LogP contribution in [-0.2, 0) is 9.53 Å². The molecule has 0 radical (unpaired) electrons. The molecule has 1 aromatic carbocycles. The Labute approximate surface area is 158 Å². The molecule has 1 aliphatic heterocycles. The summed E-state index contributed by atoms with van der Waals surface area (Å²) in [5.74, 6) is 6.41. The van der Waals surface area contributed by atoms with Crippen molar-refractivity contribution < 1.29 is 9.53 Å². The molecule has 26 heavy (non-hydrogen) atoms. The van der Waals surface area contributed by atoms with Crippen LogP contribution in [0.4, 0.5) is 0 Å². The molecule has 0 aliphatic carbocycles. The monoisotopic (exact) mass is 353 g/mol. The van der Waals surface area contributed by atoms with E-state index in [4.69, 9.17) is 4.74 Å². The number of hydrogen-bond acceptors (Lipinski definition) is 3. The number of rotatable bonds is 8. The first-order chi connectivity index (χ1) is 12.5. The summed E-state index contributed by atoms with van der Waals surface area (Å²) >= 11 is 0. The normalized spacial score (nSPS) is 15.1. The first-order valence-electron chi connectivity index (χ1n) is 9.50. The minimum Gasteiger partial charge on any atom is -0.385 e. The molecule has 0 amide bonds. The highest BCUT2D eigenvalue weighted by molar-refractivity contribution is 5.67. The molecule has 0 aromatic heterocycles. The molecule has 2 rings (SSSR count). The third kappa shape index (κ3) is 6.78. The molecule has 3 nitrogen and oxygen atoms in total. The summed E-state index contributed by atoms with van der Waals surface area (Å²) < 4.78 is 5.03. The maximum absolute atomic E-state index is 11.0. The molecule has 0 N–H and O–H groups in total. The fraction of sp³-hybridized carbons (Fsp3) is 0.522. The molecule has 0 saturated carbocycles. The maximum atomic E-state index is 11.0. The SMILES string of the molecule is COCCCC#Cc1ccc(C2=CCN(CCC(C)(C)C=O)CC2)cc1. The molecule has 140 valence electrons. The third-order valence-electron chi connectivity index (χ3n) is 4.82. The lowest BCUT2D eigenvalue weighted by Gasteiger charge is -2.29. The average molecular weight is 354 g/mol. The summed E-state index contributed by atoms with van der Waals surface area (Å²) in [7, 11) is 1.72. The third-order valence-corrected chi connectivity index (χ3v) is 4.82. The molecular formula is C23H31NO2. The Balaban J connectivity index is 1.85. The Kier molecular flexibility index (Phi) is 8.09. The number of carbonyl (C=O) groups is 1. The van der Waals surface area contributed by atoms with E-state index in [9.17, 15) is 4.79 Å². The minimum absolute atomic E-state index is 0.218. The van der Waals surface area contributed by atoms with Gasteiger partial charge in [-0.2, -0.15) is 0 Å². The number of unbranched alkanes of at least 4 members (excludes halogenated alkanes) is 1. The average Bonchev–Trinajstić information content (AvgIpc) is 2.67. The summed E-state index contributed by atoms with van der Waals surface area (Å²) in [6.07, 6.45) is 7.22. The quantitative estimate of drug-likeness (QED) is 0.399. The van der Waals surface area contributed by atoms with Crippen LogP contribution in [0, 0.1) is 17.3 Å². The fourth-order valence-corrected chi connectivity index (χ4v) is 2.92. The van der Waals surface area contributed by atoms with Crippen LogP contribution in [0.25, 0.3) is 5.57 Å². The highest BCUT2D eigenvalue weighted by atomic mass is 16.5. The number of ether oxygens (including phenoxy) is 1. The van der Waals surface area contributed by atoms with Gasteiger partial charge in [-0.15, -0.1) is 0 Å². The van der Waals surface area contributed by atoms with E-state index < -0.39 is 0 Å². The van der Waals surface area contributed by atoms with Gasteiger partial charge in [0.05, 0.1) is 0 Å². The largest absolute Gasteiger partial charge is 0.385 e. The van der Waals surface area contributed by atoms with Crippen molar-refractivity contribution in [3.63, 3.8) is 0 Å². The van der Waals surface area contributed by atoms with E-state index >= 15 is 0 Å². The van der Waals surface area contributed by atoms with Gasteiger partial charge in [-0.1, -0.05) is 43.9 Å². The van der Waals surface area contributed by atoms with E-state index in [2.05, 4.69) is 47.1 Å². The highest BCUT2D eigenvalue weighted by Gasteiger charge is 2.19. The van der Waals surface area contributed by atoms with Crippen molar-refractivity contribution >= 4 is 11.9 Å². The molecule has 3 heteroatoms. The van der Waals surface area contributed by atoms with E-state index in [1.54, 1.807) is 7.11 Å².